The van der Waals surface area contributed by atoms with Crippen LogP contribution >= 0.6 is 0 Å². The van der Waals surface area contributed by atoms with Crippen molar-refractivity contribution < 1.29 is 19.5 Å². The van der Waals surface area contributed by atoms with Crippen molar-refractivity contribution in [1.29, 1.82) is 0 Å². The molecule has 0 aromatic heterocycles. The second-order valence-corrected chi connectivity index (χ2v) is 5.70. The molecule has 100 valence electrons. The molecule has 0 radical (unpaired) electrons. The first-order valence-corrected chi connectivity index (χ1v) is 6.15. The molecule has 0 spiro atoms. The quantitative estimate of drug-likeness (QED) is 0.673. The van der Waals surface area contributed by atoms with Crippen molar-refractivity contribution in [3.05, 3.63) is 0 Å². The van der Waals surface area contributed by atoms with E-state index in [2.05, 4.69) is 5.32 Å². The Morgan fingerprint density at radius 3 is 2.50 bits per heavy atom. The third-order valence-electron chi connectivity index (χ3n) is 3.40. The molecule has 2 amide bonds. The topological polar surface area (TPSA) is 86.7 Å². The highest BCUT2D eigenvalue weighted by Crippen LogP contribution is 2.31. The summed E-state index contributed by atoms with van der Waals surface area (Å²) in [6.07, 6.45) is 2.07. The van der Waals surface area contributed by atoms with E-state index >= 15 is 0 Å². The van der Waals surface area contributed by atoms with E-state index in [1.54, 1.807) is 13.8 Å². The van der Waals surface area contributed by atoms with Crippen LogP contribution in [0.2, 0.25) is 0 Å². The number of likely N-dealkylation sites (tertiary alicyclic amines) is 1. The first-order chi connectivity index (χ1) is 8.31. The molecule has 1 heterocycles. The predicted octanol–water partition coefficient (Wildman–Crippen LogP) is -0.0233. The normalized spacial score (nSPS) is 24.4. The number of carbonyl (C=O) groups excluding carboxylic acids is 2. The second kappa shape index (κ2) is 4.35. The number of amides is 2. The van der Waals surface area contributed by atoms with Gasteiger partial charge in [-0.25, -0.2) is 0 Å². The van der Waals surface area contributed by atoms with Crippen LogP contribution in [0, 0.1) is 5.41 Å². The lowest BCUT2D eigenvalue weighted by molar-refractivity contribution is -0.144. The van der Waals surface area contributed by atoms with Gasteiger partial charge in [0.05, 0.1) is 12.0 Å². The lowest BCUT2D eigenvalue weighted by atomic mass is 9.92. The van der Waals surface area contributed by atoms with Gasteiger partial charge in [-0.15, -0.1) is 0 Å². The van der Waals surface area contributed by atoms with E-state index in [0.717, 1.165) is 17.7 Å². The number of hydrogen-bond acceptors (Lipinski definition) is 4. The second-order valence-electron chi connectivity index (χ2n) is 5.70. The van der Waals surface area contributed by atoms with Gasteiger partial charge < -0.3 is 10.4 Å². The molecule has 2 fully saturated rings. The van der Waals surface area contributed by atoms with Crippen LogP contribution in [0.3, 0.4) is 0 Å². The number of carboxylic acid groups (broad SMARTS) is 1. The van der Waals surface area contributed by atoms with Crippen LogP contribution in [0.25, 0.3) is 0 Å². The van der Waals surface area contributed by atoms with Gasteiger partial charge in [-0.2, -0.15) is 0 Å². The number of hydrogen-bond donors (Lipinski definition) is 2. The van der Waals surface area contributed by atoms with Crippen molar-refractivity contribution >= 4 is 17.8 Å². The molecule has 6 nitrogen and oxygen atoms in total. The van der Waals surface area contributed by atoms with Crippen LogP contribution < -0.4 is 5.32 Å². The Bertz CT molecular complexity index is 401. The van der Waals surface area contributed by atoms with Gasteiger partial charge in [0.15, 0.2) is 0 Å². The van der Waals surface area contributed by atoms with Crippen LogP contribution in [-0.4, -0.2) is 46.4 Å². The Morgan fingerprint density at radius 2 is 2.11 bits per heavy atom. The number of imide groups is 1. The van der Waals surface area contributed by atoms with Crippen LogP contribution in [0.1, 0.15) is 33.1 Å². The summed E-state index contributed by atoms with van der Waals surface area (Å²) >= 11 is 0. The average Bonchev–Trinajstić information content (AvgIpc) is 3.02. The van der Waals surface area contributed by atoms with Gasteiger partial charge in [0.1, 0.15) is 6.04 Å². The number of carboxylic acids is 1. The molecule has 0 aromatic carbocycles. The highest BCUT2D eigenvalue weighted by atomic mass is 16.4. The third-order valence-corrected chi connectivity index (χ3v) is 3.40. The number of carbonyl (C=O) groups is 3. The van der Waals surface area contributed by atoms with Crippen molar-refractivity contribution in [2.45, 2.75) is 45.2 Å². The Kier molecular flexibility index (Phi) is 3.14. The van der Waals surface area contributed by atoms with Gasteiger partial charge in [-0.3, -0.25) is 19.3 Å². The third kappa shape index (κ3) is 2.53. The molecule has 18 heavy (non-hydrogen) atoms. The van der Waals surface area contributed by atoms with Gasteiger partial charge in [0.2, 0.25) is 11.8 Å². The summed E-state index contributed by atoms with van der Waals surface area (Å²) in [5, 5.41) is 12.0. The van der Waals surface area contributed by atoms with Crippen molar-refractivity contribution in [2.24, 2.45) is 5.41 Å². The largest absolute Gasteiger partial charge is 0.480 e. The van der Waals surface area contributed by atoms with E-state index in [4.69, 9.17) is 5.11 Å². The maximum atomic E-state index is 12.0. The molecule has 0 bridgehead atoms. The molecule has 2 rings (SSSR count). The molecule has 2 N–H and O–H groups in total. The molecular formula is C12H18N2O4. The SMILES string of the molecule is CC1(C)CC(=O)N(CC(NC2CC2)C(=O)O)C1=O. The smallest absolute Gasteiger partial charge is 0.322 e. The summed E-state index contributed by atoms with van der Waals surface area (Å²) in [6, 6.07) is -0.647. The first kappa shape index (κ1) is 13.0. The van der Waals surface area contributed by atoms with Crippen molar-refractivity contribution in [1.82, 2.24) is 10.2 Å². The maximum Gasteiger partial charge on any atom is 0.322 e. The van der Waals surface area contributed by atoms with E-state index in [-0.39, 0.29) is 30.8 Å². The van der Waals surface area contributed by atoms with Crippen LogP contribution in [0.15, 0.2) is 0 Å². The van der Waals surface area contributed by atoms with Gasteiger partial charge in [-0.1, -0.05) is 13.8 Å². The highest BCUT2D eigenvalue weighted by Gasteiger charge is 2.46. The molecule has 1 saturated carbocycles. The molecule has 1 aliphatic heterocycles. The molecule has 6 heteroatoms. The van der Waals surface area contributed by atoms with Crippen molar-refractivity contribution in [3.63, 3.8) is 0 Å². The lowest BCUT2D eigenvalue weighted by Gasteiger charge is -2.22. The molecule has 1 aliphatic carbocycles. The summed E-state index contributed by atoms with van der Waals surface area (Å²) in [6.45, 7) is 3.33. The maximum absolute atomic E-state index is 12.0. The molecule has 1 atom stereocenters. The number of nitrogens with one attached hydrogen (secondary N) is 1. The minimum Gasteiger partial charge on any atom is -0.480 e. The summed E-state index contributed by atoms with van der Waals surface area (Å²) in [4.78, 5) is 35.9. The average molecular weight is 254 g/mol. The lowest BCUT2D eigenvalue weighted by Crippen LogP contribution is -2.49. The zero-order valence-electron chi connectivity index (χ0n) is 10.6. The van der Waals surface area contributed by atoms with Crippen molar-refractivity contribution in [3.8, 4) is 0 Å². The van der Waals surface area contributed by atoms with E-state index in [0.29, 0.717) is 0 Å². The number of aliphatic carboxylic acids is 1. The van der Waals surface area contributed by atoms with E-state index < -0.39 is 17.4 Å². The fourth-order valence-corrected chi connectivity index (χ4v) is 2.13. The number of nitrogens with zero attached hydrogens (tertiary/aromatic N) is 1. The van der Waals surface area contributed by atoms with E-state index in [1.165, 1.54) is 0 Å². The first-order valence-electron chi connectivity index (χ1n) is 6.15. The minimum absolute atomic E-state index is 0.0765. The standard InChI is InChI=1S/C12H18N2O4/c1-12(2)5-9(15)14(11(12)18)6-8(10(16)17)13-7-3-4-7/h7-8,13H,3-6H2,1-2H3,(H,16,17). The van der Waals surface area contributed by atoms with E-state index in [1.807, 2.05) is 0 Å². The van der Waals surface area contributed by atoms with E-state index in [9.17, 15) is 14.4 Å². The summed E-state index contributed by atoms with van der Waals surface area (Å²) in [5.41, 5.74) is -0.709. The van der Waals surface area contributed by atoms with Gasteiger partial charge in [0.25, 0.3) is 0 Å². The summed E-state index contributed by atoms with van der Waals surface area (Å²) < 4.78 is 0. The van der Waals surface area contributed by atoms with Crippen LogP contribution in [0.4, 0.5) is 0 Å². The van der Waals surface area contributed by atoms with Gasteiger partial charge >= 0.3 is 5.97 Å². The molecule has 1 unspecified atom stereocenters. The summed E-state index contributed by atoms with van der Waals surface area (Å²) in [7, 11) is 0. The minimum atomic E-state index is -1.02. The predicted molar refractivity (Wildman–Crippen MR) is 62.7 cm³/mol. The molecule has 1 saturated heterocycles. The van der Waals surface area contributed by atoms with Crippen LogP contribution in [-0.2, 0) is 14.4 Å². The van der Waals surface area contributed by atoms with Crippen LogP contribution in [0.5, 0.6) is 0 Å². The molecule has 0 aromatic rings. The molecule has 2 aliphatic rings. The fraction of sp³-hybridized carbons (Fsp3) is 0.750. The Labute approximate surface area is 105 Å². The van der Waals surface area contributed by atoms with Gasteiger partial charge in [0, 0.05) is 12.5 Å². The molecular weight excluding hydrogens is 236 g/mol. The summed E-state index contributed by atoms with van der Waals surface area (Å²) in [5.74, 6) is -1.59. The highest BCUT2D eigenvalue weighted by molar-refractivity contribution is 6.05. The fourth-order valence-electron chi connectivity index (χ4n) is 2.13. The Hall–Kier alpha value is -1.43. The Balaban J connectivity index is 2.04. The van der Waals surface area contributed by atoms with Gasteiger partial charge in [-0.05, 0) is 12.8 Å². The number of rotatable bonds is 5. The monoisotopic (exact) mass is 254 g/mol. The Morgan fingerprint density at radius 1 is 1.50 bits per heavy atom. The van der Waals surface area contributed by atoms with Crippen molar-refractivity contribution in [2.75, 3.05) is 6.54 Å². The zero-order valence-corrected chi connectivity index (χ0v) is 10.6. The zero-order chi connectivity index (χ0) is 13.5.